The third-order valence-electron chi connectivity index (χ3n) is 5.40. The Kier molecular flexibility index (Phi) is 6.79. The van der Waals surface area contributed by atoms with Crippen LogP contribution in [0, 0.1) is 0 Å². The lowest BCUT2D eigenvalue weighted by Gasteiger charge is -2.13. The molecule has 8 heteroatoms. The van der Waals surface area contributed by atoms with Crippen LogP contribution in [0.15, 0.2) is 88.4 Å². The molecule has 1 aliphatic heterocycles. The highest BCUT2D eigenvalue weighted by Crippen LogP contribution is 2.37. The first-order valence-corrected chi connectivity index (χ1v) is 12.9. The zero-order chi connectivity index (χ0) is 23.7. The van der Waals surface area contributed by atoms with Crippen LogP contribution in [0.3, 0.4) is 0 Å². The number of para-hydroxylation sites is 2. The topological polar surface area (TPSA) is 34.5 Å². The number of aromatic nitrogens is 1. The van der Waals surface area contributed by atoms with E-state index in [0.29, 0.717) is 33.1 Å². The minimum atomic E-state index is -0.112. The molecule has 4 nitrogen and oxygen atoms in total. The van der Waals surface area contributed by atoms with Crippen molar-refractivity contribution >= 4 is 84.4 Å². The number of hydrogen-bond acceptors (Lipinski definition) is 4. The Labute approximate surface area is 220 Å². The van der Waals surface area contributed by atoms with Crippen LogP contribution in [0.4, 0.5) is 5.69 Å². The number of nitrogens with zero attached hydrogens (tertiary/aromatic N) is 2. The van der Waals surface area contributed by atoms with Gasteiger partial charge in [-0.05, 0) is 48.5 Å². The molecule has 1 aliphatic rings. The fraction of sp³-hybridized carbons (Fsp3) is 0.0769. The van der Waals surface area contributed by atoms with Crippen LogP contribution >= 0.6 is 51.5 Å². The zero-order valence-corrected chi connectivity index (χ0v) is 21.8. The second-order valence-corrected chi connectivity index (χ2v) is 10.6. The predicted molar refractivity (Wildman–Crippen MR) is 149 cm³/mol. The minimum Gasteiger partial charge on any atom is -0.490 e. The van der Waals surface area contributed by atoms with E-state index in [4.69, 9.17) is 28.6 Å². The van der Waals surface area contributed by atoms with Crippen molar-refractivity contribution < 1.29 is 9.53 Å². The molecule has 3 aromatic carbocycles. The first kappa shape index (κ1) is 23.2. The number of amides is 1. The monoisotopic (exact) mass is 568 g/mol. The maximum absolute atomic E-state index is 13.2. The van der Waals surface area contributed by atoms with Gasteiger partial charge in [0.2, 0.25) is 0 Å². The van der Waals surface area contributed by atoms with Crippen LogP contribution in [0.1, 0.15) is 5.56 Å². The number of thiocarbonyl (C=S) groups is 1. The lowest BCUT2D eigenvalue weighted by molar-refractivity contribution is -0.113. The van der Waals surface area contributed by atoms with Crippen LogP contribution in [0.25, 0.3) is 17.0 Å². The molecule has 0 spiro atoms. The zero-order valence-electron chi connectivity index (χ0n) is 17.8. The quantitative estimate of drug-likeness (QED) is 0.177. The van der Waals surface area contributed by atoms with Crippen molar-refractivity contribution in [3.63, 3.8) is 0 Å². The summed E-state index contributed by atoms with van der Waals surface area (Å²) in [5, 5.41) is 1.63. The normalized spacial score (nSPS) is 15.0. The molecule has 0 radical (unpaired) electrons. The van der Waals surface area contributed by atoms with Gasteiger partial charge in [0.05, 0.1) is 22.2 Å². The van der Waals surface area contributed by atoms with Gasteiger partial charge in [0.25, 0.3) is 5.91 Å². The molecule has 0 atom stereocenters. The van der Waals surface area contributed by atoms with Gasteiger partial charge in [-0.25, -0.2) is 0 Å². The molecule has 2 heterocycles. The van der Waals surface area contributed by atoms with Gasteiger partial charge in [0.1, 0.15) is 12.4 Å². The van der Waals surface area contributed by atoms with Crippen molar-refractivity contribution in [2.24, 2.45) is 0 Å². The van der Waals surface area contributed by atoms with Crippen molar-refractivity contribution in [3.05, 3.63) is 99.0 Å². The number of hydrogen-bond donors (Lipinski definition) is 0. The summed E-state index contributed by atoms with van der Waals surface area (Å²) in [6.45, 7) is 1.08. The van der Waals surface area contributed by atoms with Gasteiger partial charge in [0.15, 0.2) is 4.32 Å². The molecule has 1 saturated heterocycles. The van der Waals surface area contributed by atoms with Crippen LogP contribution in [-0.4, -0.2) is 21.4 Å². The Bertz CT molecular complexity index is 1440. The molecule has 1 fully saturated rings. The summed E-state index contributed by atoms with van der Waals surface area (Å²) in [6.07, 6.45) is 3.96. The SMILES string of the molecule is O=C1/C(=C/c2cn(CCOc3ccccc3Cl)c3ccc(Br)cc23)SC(=S)N1c1ccccc1. The van der Waals surface area contributed by atoms with E-state index in [-0.39, 0.29) is 5.91 Å². The highest BCUT2D eigenvalue weighted by atomic mass is 79.9. The first-order chi connectivity index (χ1) is 16.5. The maximum Gasteiger partial charge on any atom is 0.270 e. The van der Waals surface area contributed by atoms with Crippen molar-refractivity contribution in [2.75, 3.05) is 11.5 Å². The highest BCUT2D eigenvalue weighted by molar-refractivity contribution is 9.10. The summed E-state index contributed by atoms with van der Waals surface area (Å²) in [5.41, 5.74) is 2.77. The van der Waals surface area contributed by atoms with Gasteiger partial charge in [-0.1, -0.05) is 81.8 Å². The Balaban J connectivity index is 1.44. The van der Waals surface area contributed by atoms with E-state index in [2.05, 4.69) is 32.6 Å². The summed E-state index contributed by atoms with van der Waals surface area (Å²) in [5.74, 6) is 0.548. The fourth-order valence-corrected chi connectivity index (χ4v) is 5.66. The Morgan fingerprint density at radius 2 is 1.82 bits per heavy atom. The highest BCUT2D eigenvalue weighted by Gasteiger charge is 2.33. The smallest absolute Gasteiger partial charge is 0.270 e. The molecule has 0 unspecified atom stereocenters. The number of anilines is 1. The molecule has 0 N–H and O–H groups in total. The van der Waals surface area contributed by atoms with Crippen LogP contribution in [0.5, 0.6) is 5.75 Å². The van der Waals surface area contributed by atoms with Gasteiger partial charge < -0.3 is 9.30 Å². The fourth-order valence-electron chi connectivity index (χ4n) is 3.82. The third-order valence-corrected chi connectivity index (χ3v) is 7.50. The molecule has 0 saturated carbocycles. The second-order valence-electron chi connectivity index (χ2n) is 7.57. The first-order valence-electron chi connectivity index (χ1n) is 10.5. The maximum atomic E-state index is 13.2. The molecule has 1 aromatic heterocycles. The molecule has 0 aliphatic carbocycles. The Hall–Kier alpha value is -2.58. The summed E-state index contributed by atoms with van der Waals surface area (Å²) < 4.78 is 9.52. The lowest BCUT2D eigenvalue weighted by atomic mass is 10.1. The van der Waals surface area contributed by atoms with Gasteiger partial charge in [-0.2, -0.15) is 0 Å². The number of fused-ring (bicyclic) bond motifs is 1. The van der Waals surface area contributed by atoms with E-state index in [1.54, 1.807) is 4.90 Å². The number of benzene rings is 3. The number of carbonyl (C=O) groups excluding carboxylic acids is 1. The molecule has 0 bridgehead atoms. The summed E-state index contributed by atoms with van der Waals surface area (Å²) in [4.78, 5) is 15.4. The summed E-state index contributed by atoms with van der Waals surface area (Å²) in [6, 6.07) is 23.0. The van der Waals surface area contributed by atoms with Crippen LogP contribution < -0.4 is 9.64 Å². The molecule has 1 amide bonds. The Morgan fingerprint density at radius 1 is 1.06 bits per heavy atom. The Morgan fingerprint density at radius 3 is 2.62 bits per heavy atom. The van der Waals surface area contributed by atoms with E-state index in [1.165, 1.54) is 11.8 Å². The van der Waals surface area contributed by atoms with Crippen molar-refractivity contribution in [2.45, 2.75) is 6.54 Å². The number of thioether (sulfide) groups is 1. The van der Waals surface area contributed by atoms with Crippen LogP contribution in [0.2, 0.25) is 5.02 Å². The van der Waals surface area contributed by atoms with E-state index in [9.17, 15) is 4.79 Å². The van der Waals surface area contributed by atoms with Gasteiger partial charge in [-0.15, -0.1) is 0 Å². The van der Waals surface area contributed by atoms with E-state index < -0.39 is 0 Å². The van der Waals surface area contributed by atoms with Gasteiger partial charge in [-0.3, -0.25) is 9.69 Å². The standard InChI is InChI=1S/C26H18BrClN2O2S2/c27-18-10-11-22-20(15-18)17(16-29(22)12-13-32-23-9-5-4-8-21(23)28)14-24-25(31)30(26(33)34-24)19-6-2-1-3-7-19/h1-11,14-16H,12-13H2/b24-14-. The van der Waals surface area contributed by atoms with Crippen molar-refractivity contribution in [3.8, 4) is 5.75 Å². The molecule has 34 heavy (non-hydrogen) atoms. The lowest BCUT2D eigenvalue weighted by Crippen LogP contribution is -2.27. The average Bonchev–Trinajstić information content (AvgIpc) is 3.31. The predicted octanol–water partition coefficient (Wildman–Crippen LogP) is 7.54. The molecular formula is C26H18BrClN2O2S2. The molecule has 5 rings (SSSR count). The van der Waals surface area contributed by atoms with Crippen LogP contribution in [-0.2, 0) is 11.3 Å². The molecule has 4 aromatic rings. The number of carbonyl (C=O) groups is 1. The van der Waals surface area contributed by atoms with Gasteiger partial charge in [0, 0.05) is 27.1 Å². The number of rotatable bonds is 6. The minimum absolute atomic E-state index is 0.112. The average molecular weight is 570 g/mol. The number of halogens is 2. The van der Waals surface area contributed by atoms with E-state index in [1.807, 2.05) is 72.9 Å². The second kappa shape index (κ2) is 9.96. The van der Waals surface area contributed by atoms with Crippen molar-refractivity contribution in [1.29, 1.82) is 0 Å². The van der Waals surface area contributed by atoms with E-state index >= 15 is 0 Å². The van der Waals surface area contributed by atoms with Gasteiger partial charge >= 0.3 is 0 Å². The summed E-state index contributed by atoms with van der Waals surface area (Å²) in [7, 11) is 0. The third kappa shape index (κ3) is 4.66. The molecule has 170 valence electrons. The number of ether oxygens (including phenoxy) is 1. The van der Waals surface area contributed by atoms with Crippen molar-refractivity contribution in [1.82, 2.24) is 4.57 Å². The molecular weight excluding hydrogens is 552 g/mol. The largest absolute Gasteiger partial charge is 0.490 e. The van der Waals surface area contributed by atoms with E-state index in [0.717, 1.165) is 26.6 Å². The summed E-state index contributed by atoms with van der Waals surface area (Å²) >= 11 is 16.6.